The fraction of sp³-hybridized carbons (Fsp3) is 0.238. The van der Waals surface area contributed by atoms with Crippen LogP contribution in [0.5, 0.6) is 5.75 Å². The van der Waals surface area contributed by atoms with Crippen LogP contribution in [-0.4, -0.2) is 41.5 Å². The van der Waals surface area contributed by atoms with Crippen LogP contribution in [0.15, 0.2) is 54.7 Å². The normalized spacial score (nSPS) is 17.1. The van der Waals surface area contributed by atoms with Crippen molar-refractivity contribution in [1.82, 2.24) is 10.0 Å². The van der Waals surface area contributed by atoms with E-state index in [9.17, 15) is 9.59 Å². The lowest BCUT2D eigenvalue weighted by atomic mass is 10.0. The molecule has 4 rings (SSSR count). The van der Waals surface area contributed by atoms with Gasteiger partial charge in [-0.2, -0.15) is 0 Å². The summed E-state index contributed by atoms with van der Waals surface area (Å²) in [4.78, 5) is 34.2. The van der Waals surface area contributed by atoms with Crippen molar-refractivity contribution >= 4 is 22.7 Å². The highest BCUT2D eigenvalue weighted by Gasteiger charge is 2.35. The second-order valence-electron chi connectivity index (χ2n) is 6.49. The van der Waals surface area contributed by atoms with Crippen molar-refractivity contribution < 1.29 is 19.2 Å². The molecule has 6 heteroatoms. The van der Waals surface area contributed by atoms with Crippen molar-refractivity contribution in [2.24, 2.45) is 0 Å². The summed E-state index contributed by atoms with van der Waals surface area (Å²) in [6.45, 7) is 0.536. The summed E-state index contributed by atoms with van der Waals surface area (Å²) in [7, 11) is 1.58. The quantitative estimate of drug-likeness (QED) is 0.701. The molecule has 0 bridgehead atoms. The van der Waals surface area contributed by atoms with Crippen LogP contribution < -0.4 is 4.74 Å². The van der Waals surface area contributed by atoms with Crippen LogP contribution in [0, 0.1) is 0 Å². The molecule has 2 heterocycles. The van der Waals surface area contributed by atoms with Crippen molar-refractivity contribution in [3.05, 3.63) is 65.9 Å². The molecule has 1 unspecified atom stereocenters. The van der Waals surface area contributed by atoms with E-state index in [-0.39, 0.29) is 5.78 Å². The second-order valence-corrected chi connectivity index (χ2v) is 6.49. The third-order valence-electron chi connectivity index (χ3n) is 4.87. The molecule has 1 fully saturated rings. The summed E-state index contributed by atoms with van der Waals surface area (Å²) in [6, 6.07) is 13.9. The van der Waals surface area contributed by atoms with Gasteiger partial charge in [-0.25, -0.2) is 4.79 Å². The lowest BCUT2D eigenvalue weighted by molar-refractivity contribution is -0.109. The lowest BCUT2D eigenvalue weighted by Crippen LogP contribution is -2.37. The maximum absolute atomic E-state index is 13.2. The molecule has 1 aliphatic heterocycles. The van der Waals surface area contributed by atoms with Crippen LogP contribution in [0.1, 0.15) is 33.6 Å². The van der Waals surface area contributed by atoms with Gasteiger partial charge in [0.2, 0.25) is 0 Å². The number of ketones is 1. The maximum Gasteiger partial charge on any atom is 0.357 e. The number of fused-ring (bicyclic) bond motifs is 1. The van der Waals surface area contributed by atoms with E-state index in [1.54, 1.807) is 37.6 Å². The van der Waals surface area contributed by atoms with Crippen LogP contribution in [0.3, 0.4) is 0 Å². The van der Waals surface area contributed by atoms with E-state index in [2.05, 4.69) is 4.98 Å². The van der Waals surface area contributed by atoms with E-state index < -0.39 is 12.0 Å². The van der Waals surface area contributed by atoms with Gasteiger partial charge in [0.25, 0.3) is 0 Å². The van der Waals surface area contributed by atoms with Gasteiger partial charge in [0.05, 0.1) is 18.1 Å². The summed E-state index contributed by atoms with van der Waals surface area (Å²) in [6.07, 6.45) is 3.13. The summed E-state index contributed by atoms with van der Waals surface area (Å²) in [5.74, 6) is 0.110. The Labute approximate surface area is 156 Å². The minimum Gasteiger partial charge on any atom is -0.496 e. The number of carbonyl (C=O) groups is 2. The number of Topliss-reactive ketones (excluding diaryl/α,β-unsaturated/α-hetero) is 1. The van der Waals surface area contributed by atoms with Crippen LogP contribution in [-0.2, 0) is 4.84 Å². The topological polar surface area (TPSA) is 71.6 Å². The minimum absolute atomic E-state index is 0.0795. The molecular formula is C21H20N2O4. The van der Waals surface area contributed by atoms with Gasteiger partial charge in [-0.1, -0.05) is 24.3 Å². The van der Waals surface area contributed by atoms with E-state index >= 15 is 0 Å². The zero-order valence-corrected chi connectivity index (χ0v) is 15.0. The molecule has 1 saturated heterocycles. The average molecular weight is 364 g/mol. The third-order valence-corrected chi connectivity index (χ3v) is 4.87. The van der Waals surface area contributed by atoms with Crippen LogP contribution in [0.25, 0.3) is 10.9 Å². The first kappa shape index (κ1) is 17.3. The molecule has 1 aromatic heterocycles. The standard InChI is InChI=1S/C21H20N2O4/c1-26-18-11-5-9-16-19(18)15(13-22-16)20(24)17-10-6-12-23(17)27-21(25)14-7-3-2-4-8-14/h2-5,7-9,11,13,17,22H,6,10,12H2,1H3. The van der Waals surface area contributed by atoms with E-state index in [0.717, 1.165) is 17.3 Å². The Morgan fingerprint density at radius 1 is 1.11 bits per heavy atom. The Bertz CT molecular complexity index is 980. The Balaban J connectivity index is 1.59. The van der Waals surface area contributed by atoms with E-state index in [0.29, 0.717) is 29.8 Å². The Hall–Kier alpha value is -3.12. The first-order valence-electron chi connectivity index (χ1n) is 8.91. The number of carbonyl (C=O) groups excluding carboxylic acids is 2. The summed E-state index contributed by atoms with van der Waals surface area (Å²) < 4.78 is 5.42. The predicted octanol–water partition coefficient (Wildman–Crippen LogP) is 3.60. The molecule has 2 aromatic carbocycles. The number of methoxy groups -OCH3 is 1. The number of nitrogens with zero attached hydrogens (tertiary/aromatic N) is 1. The van der Waals surface area contributed by atoms with Gasteiger partial charge in [0.1, 0.15) is 11.8 Å². The van der Waals surface area contributed by atoms with Crippen LogP contribution in [0.4, 0.5) is 0 Å². The molecule has 27 heavy (non-hydrogen) atoms. The molecule has 1 aliphatic rings. The van der Waals surface area contributed by atoms with E-state index in [1.165, 1.54) is 5.06 Å². The molecule has 138 valence electrons. The van der Waals surface area contributed by atoms with Gasteiger partial charge in [0, 0.05) is 23.8 Å². The smallest absolute Gasteiger partial charge is 0.357 e. The number of nitrogens with one attached hydrogen (secondary N) is 1. The number of H-pyrrole nitrogens is 1. The SMILES string of the molecule is COc1cccc2[nH]cc(C(=O)C3CCCN3OC(=O)c3ccccc3)c12. The molecule has 0 aliphatic carbocycles. The molecule has 0 radical (unpaired) electrons. The molecular weight excluding hydrogens is 344 g/mol. The molecule has 3 aromatic rings. The number of rotatable bonds is 5. The first-order chi connectivity index (χ1) is 13.2. The molecule has 1 N–H and O–H groups in total. The highest BCUT2D eigenvalue weighted by Crippen LogP contribution is 2.31. The summed E-state index contributed by atoms with van der Waals surface area (Å²) in [5.41, 5.74) is 1.85. The monoisotopic (exact) mass is 364 g/mol. The predicted molar refractivity (Wildman–Crippen MR) is 101 cm³/mol. The fourth-order valence-corrected chi connectivity index (χ4v) is 3.54. The molecule has 6 nitrogen and oxygen atoms in total. The summed E-state index contributed by atoms with van der Waals surface area (Å²) in [5, 5.41) is 2.26. The van der Waals surface area contributed by atoms with Crippen molar-refractivity contribution in [1.29, 1.82) is 0 Å². The Morgan fingerprint density at radius 3 is 2.70 bits per heavy atom. The summed E-state index contributed by atoms with van der Waals surface area (Å²) >= 11 is 0. The Kier molecular flexibility index (Phi) is 4.64. The molecule has 0 saturated carbocycles. The highest BCUT2D eigenvalue weighted by atomic mass is 16.7. The van der Waals surface area contributed by atoms with Crippen molar-refractivity contribution in [3.63, 3.8) is 0 Å². The molecule has 0 amide bonds. The number of aromatic amines is 1. The number of aromatic nitrogens is 1. The second kappa shape index (κ2) is 7.25. The third kappa shape index (κ3) is 3.19. The number of ether oxygens (including phenoxy) is 1. The maximum atomic E-state index is 13.2. The number of hydrogen-bond donors (Lipinski definition) is 1. The lowest BCUT2D eigenvalue weighted by Gasteiger charge is -2.22. The Morgan fingerprint density at radius 2 is 1.93 bits per heavy atom. The zero-order chi connectivity index (χ0) is 18.8. The van der Waals surface area contributed by atoms with E-state index in [4.69, 9.17) is 9.57 Å². The van der Waals surface area contributed by atoms with E-state index in [1.807, 2.05) is 24.3 Å². The average Bonchev–Trinajstić information content (AvgIpc) is 3.35. The molecule has 1 atom stereocenters. The minimum atomic E-state index is -0.499. The van der Waals surface area contributed by atoms with Crippen molar-refractivity contribution in [2.45, 2.75) is 18.9 Å². The zero-order valence-electron chi connectivity index (χ0n) is 15.0. The van der Waals surface area contributed by atoms with Crippen molar-refractivity contribution in [3.8, 4) is 5.75 Å². The van der Waals surface area contributed by atoms with Gasteiger partial charge in [-0.3, -0.25) is 4.79 Å². The molecule has 0 spiro atoms. The largest absolute Gasteiger partial charge is 0.496 e. The van der Waals surface area contributed by atoms with Gasteiger partial charge in [-0.05, 0) is 37.1 Å². The van der Waals surface area contributed by atoms with Crippen LogP contribution in [0.2, 0.25) is 0 Å². The van der Waals surface area contributed by atoms with Gasteiger partial charge < -0.3 is 14.6 Å². The van der Waals surface area contributed by atoms with Crippen molar-refractivity contribution in [2.75, 3.05) is 13.7 Å². The fourth-order valence-electron chi connectivity index (χ4n) is 3.54. The first-order valence-corrected chi connectivity index (χ1v) is 8.91. The highest BCUT2D eigenvalue weighted by molar-refractivity contribution is 6.12. The van der Waals surface area contributed by atoms with Gasteiger partial charge >= 0.3 is 5.97 Å². The van der Waals surface area contributed by atoms with Crippen LogP contribution >= 0.6 is 0 Å². The number of benzene rings is 2. The van der Waals surface area contributed by atoms with Gasteiger partial charge in [-0.15, -0.1) is 5.06 Å². The number of hydrogen-bond acceptors (Lipinski definition) is 5. The number of hydroxylamine groups is 2. The van der Waals surface area contributed by atoms with Gasteiger partial charge in [0.15, 0.2) is 5.78 Å².